The normalized spacial score (nSPS) is 28.2. The predicted octanol–water partition coefficient (Wildman–Crippen LogP) is -0.00740. The van der Waals surface area contributed by atoms with Crippen molar-refractivity contribution in [2.75, 3.05) is 32.9 Å². The van der Waals surface area contributed by atoms with Crippen LogP contribution in [0.1, 0.15) is 30.1 Å². The Kier molecular flexibility index (Phi) is 4.98. The summed E-state index contributed by atoms with van der Waals surface area (Å²) in [5.74, 6) is -2.90. The first-order valence-corrected chi connectivity index (χ1v) is 10.6. The highest BCUT2D eigenvalue weighted by Crippen LogP contribution is 2.62. The standard InChI is InChI=1S/C22H27N5O5/c1-21(16(28)12-6-4-5-7-13(12)23)14(17(29)26(2)3)15(21)18(30)27-10-8-22(9-11-27)19(31)24-20(32)25-22/h4-7,14-15H,8-11,23H2,1-3H3,(H2,24,25,31,32)/t14-,15+,21+/m1/s1. The van der Waals surface area contributed by atoms with E-state index >= 15 is 0 Å². The molecule has 3 fully saturated rings. The van der Waals surface area contributed by atoms with Crippen LogP contribution in [0.25, 0.3) is 0 Å². The number of Topliss-reactive ketones (excluding diaryl/α,β-unsaturated/α-hetero) is 1. The van der Waals surface area contributed by atoms with E-state index in [9.17, 15) is 24.0 Å². The molecule has 0 aromatic heterocycles. The molecule has 1 saturated carbocycles. The van der Waals surface area contributed by atoms with Gasteiger partial charge < -0.3 is 20.9 Å². The third-order valence-electron chi connectivity index (χ3n) is 7.13. The molecule has 170 valence electrons. The first-order valence-electron chi connectivity index (χ1n) is 10.6. The number of nitrogens with zero attached hydrogens (tertiary/aromatic N) is 2. The minimum atomic E-state index is -1.21. The van der Waals surface area contributed by atoms with Gasteiger partial charge in [-0.15, -0.1) is 0 Å². The molecule has 0 radical (unpaired) electrons. The van der Waals surface area contributed by atoms with Crippen LogP contribution in [0.3, 0.4) is 0 Å². The van der Waals surface area contributed by atoms with Crippen LogP contribution in [0.15, 0.2) is 24.3 Å². The minimum absolute atomic E-state index is 0.240. The van der Waals surface area contributed by atoms with Crippen LogP contribution >= 0.6 is 0 Å². The van der Waals surface area contributed by atoms with Gasteiger partial charge in [-0.05, 0) is 25.0 Å². The fourth-order valence-corrected chi connectivity index (χ4v) is 5.05. The molecular formula is C22H27N5O5. The highest BCUT2D eigenvalue weighted by atomic mass is 16.2. The van der Waals surface area contributed by atoms with E-state index in [1.54, 1.807) is 50.2 Å². The van der Waals surface area contributed by atoms with Crippen LogP contribution in [0.2, 0.25) is 0 Å². The number of ketones is 1. The van der Waals surface area contributed by atoms with E-state index in [4.69, 9.17) is 5.73 Å². The van der Waals surface area contributed by atoms with E-state index < -0.39 is 28.8 Å². The number of benzene rings is 1. The van der Waals surface area contributed by atoms with Crippen molar-refractivity contribution in [3.8, 4) is 0 Å². The Labute approximate surface area is 185 Å². The van der Waals surface area contributed by atoms with Gasteiger partial charge in [-0.25, -0.2) is 4.79 Å². The predicted molar refractivity (Wildman–Crippen MR) is 114 cm³/mol. The Morgan fingerprint density at radius 2 is 1.72 bits per heavy atom. The molecule has 2 aliphatic heterocycles. The molecule has 2 heterocycles. The van der Waals surface area contributed by atoms with Crippen molar-refractivity contribution in [1.29, 1.82) is 0 Å². The van der Waals surface area contributed by atoms with E-state index in [2.05, 4.69) is 10.6 Å². The molecule has 5 amide bonds. The molecule has 0 unspecified atom stereocenters. The highest BCUT2D eigenvalue weighted by molar-refractivity contribution is 6.14. The number of urea groups is 1. The summed E-state index contributed by atoms with van der Waals surface area (Å²) in [6.45, 7) is 2.12. The lowest BCUT2D eigenvalue weighted by Crippen LogP contribution is -2.56. The number of nitrogens with two attached hydrogens (primary N) is 1. The zero-order valence-corrected chi connectivity index (χ0v) is 18.3. The summed E-state index contributed by atoms with van der Waals surface area (Å²) >= 11 is 0. The third-order valence-corrected chi connectivity index (χ3v) is 7.13. The quantitative estimate of drug-likeness (QED) is 0.341. The molecule has 1 spiro atoms. The van der Waals surface area contributed by atoms with Crippen molar-refractivity contribution < 1.29 is 24.0 Å². The monoisotopic (exact) mass is 441 g/mol. The maximum Gasteiger partial charge on any atom is 0.322 e. The molecule has 10 nitrogen and oxygen atoms in total. The van der Waals surface area contributed by atoms with Crippen molar-refractivity contribution in [3.05, 3.63) is 29.8 Å². The second kappa shape index (κ2) is 7.32. The fourth-order valence-electron chi connectivity index (χ4n) is 5.05. The summed E-state index contributed by atoms with van der Waals surface area (Å²) in [6.07, 6.45) is 0.539. The largest absolute Gasteiger partial charge is 0.398 e. The smallest absolute Gasteiger partial charge is 0.322 e. The molecule has 3 aliphatic rings. The number of amides is 5. The molecule has 3 atom stereocenters. The van der Waals surface area contributed by atoms with Crippen LogP contribution < -0.4 is 16.4 Å². The van der Waals surface area contributed by atoms with Crippen LogP contribution in [0.4, 0.5) is 10.5 Å². The Morgan fingerprint density at radius 3 is 2.25 bits per heavy atom. The second-order valence-electron chi connectivity index (χ2n) is 9.20. The molecular weight excluding hydrogens is 414 g/mol. The van der Waals surface area contributed by atoms with Gasteiger partial charge in [0.2, 0.25) is 11.8 Å². The topological polar surface area (TPSA) is 142 Å². The van der Waals surface area contributed by atoms with E-state index in [0.717, 1.165) is 0 Å². The Morgan fingerprint density at radius 1 is 1.09 bits per heavy atom. The fraction of sp³-hybridized carbons (Fsp3) is 0.500. The number of carbonyl (C=O) groups is 5. The summed E-state index contributed by atoms with van der Waals surface area (Å²) in [5.41, 5.74) is 4.38. The van der Waals surface area contributed by atoms with Crippen LogP contribution in [-0.4, -0.2) is 72.1 Å². The van der Waals surface area contributed by atoms with Gasteiger partial charge >= 0.3 is 6.03 Å². The Balaban J connectivity index is 1.57. The second-order valence-corrected chi connectivity index (χ2v) is 9.20. The van der Waals surface area contributed by atoms with Gasteiger partial charge in [-0.1, -0.05) is 19.1 Å². The number of hydrogen-bond donors (Lipinski definition) is 3. The Hall–Kier alpha value is -3.43. The number of hydrogen-bond acceptors (Lipinski definition) is 6. The maximum atomic E-state index is 13.5. The van der Waals surface area contributed by atoms with E-state index in [1.807, 2.05) is 0 Å². The summed E-state index contributed by atoms with van der Waals surface area (Å²) in [6, 6.07) is 6.09. The van der Waals surface area contributed by atoms with Gasteiger partial charge in [0.05, 0.1) is 17.3 Å². The van der Waals surface area contributed by atoms with E-state index in [-0.39, 0.29) is 49.4 Å². The van der Waals surface area contributed by atoms with Crippen molar-refractivity contribution in [3.63, 3.8) is 0 Å². The van der Waals surface area contributed by atoms with Gasteiger partial charge in [-0.3, -0.25) is 24.5 Å². The molecule has 0 bridgehead atoms. The minimum Gasteiger partial charge on any atom is -0.398 e. The number of rotatable bonds is 4. The average molecular weight is 441 g/mol. The highest BCUT2D eigenvalue weighted by Gasteiger charge is 2.73. The van der Waals surface area contributed by atoms with Crippen molar-refractivity contribution in [2.45, 2.75) is 25.3 Å². The first-order chi connectivity index (χ1) is 15.0. The summed E-state index contributed by atoms with van der Waals surface area (Å²) < 4.78 is 0. The van der Waals surface area contributed by atoms with Crippen molar-refractivity contribution >= 4 is 35.2 Å². The summed E-state index contributed by atoms with van der Waals surface area (Å²) in [7, 11) is 3.19. The zero-order valence-electron chi connectivity index (χ0n) is 18.3. The summed E-state index contributed by atoms with van der Waals surface area (Å²) in [5, 5.41) is 4.90. The number of nitrogen functional groups attached to an aromatic ring is 1. The molecule has 1 aromatic rings. The third kappa shape index (κ3) is 3.12. The molecule has 32 heavy (non-hydrogen) atoms. The lowest BCUT2D eigenvalue weighted by atomic mass is 9.87. The first kappa shape index (κ1) is 21.8. The summed E-state index contributed by atoms with van der Waals surface area (Å²) in [4.78, 5) is 66.5. The van der Waals surface area contributed by atoms with Crippen LogP contribution in [-0.2, 0) is 14.4 Å². The molecule has 1 aliphatic carbocycles. The van der Waals surface area contributed by atoms with Gasteiger partial charge in [0.1, 0.15) is 5.54 Å². The van der Waals surface area contributed by atoms with Gasteiger partial charge in [0.25, 0.3) is 5.91 Å². The maximum absolute atomic E-state index is 13.5. The number of nitrogens with one attached hydrogen (secondary N) is 2. The molecule has 2 saturated heterocycles. The molecule has 4 N–H and O–H groups in total. The zero-order chi connectivity index (χ0) is 23.4. The Bertz CT molecular complexity index is 1030. The average Bonchev–Trinajstić information content (AvgIpc) is 3.29. The SMILES string of the molecule is CN(C)C(=O)[C@H]1[C@@H](C(=O)N2CCC3(CC2)NC(=O)NC3=O)[C@@]1(C)C(=O)c1ccccc1N. The molecule has 4 rings (SSSR count). The number of para-hydroxylation sites is 1. The number of carbonyl (C=O) groups excluding carboxylic acids is 5. The van der Waals surface area contributed by atoms with Crippen molar-refractivity contribution in [2.24, 2.45) is 17.3 Å². The van der Waals surface area contributed by atoms with Crippen LogP contribution in [0, 0.1) is 17.3 Å². The van der Waals surface area contributed by atoms with Gasteiger partial charge in [-0.2, -0.15) is 0 Å². The van der Waals surface area contributed by atoms with Crippen molar-refractivity contribution in [1.82, 2.24) is 20.4 Å². The molecule has 1 aromatic carbocycles. The lowest BCUT2D eigenvalue weighted by molar-refractivity contribution is -0.139. The van der Waals surface area contributed by atoms with E-state index in [0.29, 0.717) is 11.3 Å². The number of piperidine rings is 1. The number of imide groups is 1. The van der Waals surface area contributed by atoms with Gasteiger partial charge in [0.15, 0.2) is 5.78 Å². The molecule has 10 heteroatoms. The van der Waals surface area contributed by atoms with Crippen LogP contribution in [0.5, 0.6) is 0 Å². The number of anilines is 1. The van der Waals surface area contributed by atoms with E-state index in [1.165, 1.54) is 4.90 Å². The number of likely N-dealkylation sites (tertiary alicyclic amines) is 1. The lowest BCUT2D eigenvalue weighted by Gasteiger charge is -2.37. The van der Waals surface area contributed by atoms with Gasteiger partial charge in [0, 0.05) is 38.4 Å².